The van der Waals surface area contributed by atoms with Crippen LogP contribution in [0.4, 0.5) is 0 Å². The minimum absolute atomic E-state index is 0.131. The molecule has 0 unspecified atom stereocenters. The molecule has 0 saturated carbocycles. The first-order chi connectivity index (χ1) is 8.04. The summed E-state index contributed by atoms with van der Waals surface area (Å²) in [6, 6.07) is 8.09. The third-order valence-electron chi connectivity index (χ3n) is 2.51. The summed E-state index contributed by atoms with van der Waals surface area (Å²) < 4.78 is 6.16. The van der Waals surface area contributed by atoms with Crippen LogP contribution in [-0.2, 0) is 9.53 Å². The highest BCUT2D eigenvalue weighted by Crippen LogP contribution is 2.15. The third-order valence-corrected chi connectivity index (χ3v) is 3.23. The van der Waals surface area contributed by atoms with E-state index in [1.165, 1.54) is 9.13 Å². The molecule has 0 aliphatic rings. The number of esters is 1. The Bertz CT molecular complexity index is 364. The normalized spacial score (nSPS) is 14.1. The summed E-state index contributed by atoms with van der Waals surface area (Å²) in [6.07, 6.45) is 0. The van der Waals surface area contributed by atoms with Gasteiger partial charge in [0.15, 0.2) is 0 Å². The summed E-state index contributed by atoms with van der Waals surface area (Å²) >= 11 is 2.27. The van der Waals surface area contributed by atoms with Gasteiger partial charge in [-0.15, -0.1) is 0 Å². The Balaban J connectivity index is 2.56. The SMILES string of the molecule is CCOC(=O)[C@@H](C)N[C@@H](C)c1ccc(I)cc1. The Morgan fingerprint density at radius 2 is 1.94 bits per heavy atom. The number of carbonyl (C=O) groups is 1. The van der Waals surface area contributed by atoms with Gasteiger partial charge in [0, 0.05) is 9.61 Å². The van der Waals surface area contributed by atoms with E-state index in [-0.39, 0.29) is 18.1 Å². The lowest BCUT2D eigenvalue weighted by Crippen LogP contribution is -2.37. The third kappa shape index (κ3) is 4.63. The van der Waals surface area contributed by atoms with Gasteiger partial charge in [0.2, 0.25) is 0 Å². The van der Waals surface area contributed by atoms with Gasteiger partial charge in [-0.3, -0.25) is 10.1 Å². The van der Waals surface area contributed by atoms with E-state index in [0.717, 1.165) is 0 Å². The summed E-state index contributed by atoms with van der Waals surface area (Å²) in [5.74, 6) is -0.204. The number of hydrogen-bond acceptors (Lipinski definition) is 3. The average Bonchev–Trinajstić information content (AvgIpc) is 2.30. The highest BCUT2D eigenvalue weighted by atomic mass is 127. The first kappa shape index (κ1) is 14.4. The molecule has 0 spiro atoms. The van der Waals surface area contributed by atoms with Crippen molar-refractivity contribution < 1.29 is 9.53 Å². The van der Waals surface area contributed by atoms with Crippen molar-refractivity contribution in [1.82, 2.24) is 5.32 Å². The van der Waals surface area contributed by atoms with E-state index < -0.39 is 0 Å². The lowest BCUT2D eigenvalue weighted by molar-refractivity contribution is -0.145. The van der Waals surface area contributed by atoms with Crippen molar-refractivity contribution in [3.63, 3.8) is 0 Å². The van der Waals surface area contributed by atoms with Gasteiger partial charge in [-0.1, -0.05) is 12.1 Å². The van der Waals surface area contributed by atoms with Crippen molar-refractivity contribution in [2.45, 2.75) is 32.9 Å². The van der Waals surface area contributed by atoms with E-state index in [4.69, 9.17) is 4.74 Å². The molecule has 0 radical (unpaired) electrons. The minimum Gasteiger partial charge on any atom is -0.465 e. The zero-order chi connectivity index (χ0) is 12.8. The summed E-state index contributed by atoms with van der Waals surface area (Å²) in [7, 11) is 0. The van der Waals surface area contributed by atoms with Gasteiger partial charge < -0.3 is 4.74 Å². The minimum atomic E-state index is -0.288. The van der Waals surface area contributed by atoms with Crippen LogP contribution in [-0.4, -0.2) is 18.6 Å². The van der Waals surface area contributed by atoms with Gasteiger partial charge in [0.1, 0.15) is 6.04 Å². The van der Waals surface area contributed by atoms with E-state index in [0.29, 0.717) is 6.61 Å². The highest BCUT2D eigenvalue weighted by Gasteiger charge is 2.16. The zero-order valence-corrected chi connectivity index (χ0v) is 12.5. The van der Waals surface area contributed by atoms with E-state index in [1.807, 2.05) is 20.8 Å². The maximum Gasteiger partial charge on any atom is 0.322 e. The van der Waals surface area contributed by atoms with E-state index >= 15 is 0 Å². The van der Waals surface area contributed by atoms with Crippen molar-refractivity contribution in [1.29, 1.82) is 0 Å². The largest absolute Gasteiger partial charge is 0.465 e. The molecule has 17 heavy (non-hydrogen) atoms. The number of halogens is 1. The van der Waals surface area contributed by atoms with Crippen LogP contribution in [0.15, 0.2) is 24.3 Å². The first-order valence-electron chi connectivity index (χ1n) is 5.72. The molecule has 3 nitrogen and oxygen atoms in total. The number of carbonyl (C=O) groups excluding carboxylic acids is 1. The second kappa shape index (κ2) is 6.96. The Hall–Kier alpha value is -0.620. The molecular weight excluding hydrogens is 329 g/mol. The van der Waals surface area contributed by atoms with Gasteiger partial charge >= 0.3 is 5.97 Å². The smallest absolute Gasteiger partial charge is 0.322 e. The lowest BCUT2D eigenvalue weighted by atomic mass is 10.1. The van der Waals surface area contributed by atoms with E-state index in [9.17, 15) is 4.79 Å². The van der Waals surface area contributed by atoms with Crippen LogP contribution in [0.1, 0.15) is 32.4 Å². The molecule has 1 aromatic rings. The Morgan fingerprint density at radius 1 is 1.35 bits per heavy atom. The predicted octanol–water partition coefficient (Wildman–Crippen LogP) is 2.89. The van der Waals surface area contributed by atoms with Crippen LogP contribution in [0.3, 0.4) is 0 Å². The number of benzene rings is 1. The Labute approximate surface area is 116 Å². The quantitative estimate of drug-likeness (QED) is 0.658. The van der Waals surface area contributed by atoms with Crippen LogP contribution in [0, 0.1) is 3.57 Å². The topological polar surface area (TPSA) is 38.3 Å². The van der Waals surface area contributed by atoms with Gasteiger partial charge in [-0.2, -0.15) is 0 Å². The standard InChI is InChI=1S/C13H18INO2/c1-4-17-13(16)10(3)15-9(2)11-5-7-12(14)8-6-11/h5-10,15H,4H2,1-3H3/t9-,10+/m0/s1. The molecule has 0 aromatic heterocycles. The van der Waals surface area contributed by atoms with Crippen LogP contribution in [0.2, 0.25) is 0 Å². The lowest BCUT2D eigenvalue weighted by Gasteiger charge is -2.19. The van der Waals surface area contributed by atoms with Crippen molar-refractivity contribution in [3.05, 3.63) is 33.4 Å². The molecule has 0 aliphatic heterocycles. The zero-order valence-electron chi connectivity index (χ0n) is 10.4. The Morgan fingerprint density at radius 3 is 2.47 bits per heavy atom. The molecular formula is C13H18INO2. The monoisotopic (exact) mass is 347 g/mol. The Kier molecular flexibility index (Phi) is 5.91. The second-order valence-corrected chi connectivity index (χ2v) is 5.16. The number of ether oxygens (including phenoxy) is 1. The van der Waals surface area contributed by atoms with Crippen molar-refractivity contribution in [2.24, 2.45) is 0 Å². The number of hydrogen-bond donors (Lipinski definition) is 1. The molecule has 0 bridgehead atoms. The van der Waals surface area contributed by atoms with Gasteiger partial charge in [-0.05, 0) is 61.1 Å². The number of nitrogens with one attached hydrogen (secondary N) is 1. The van der Waals surface area contributed by atoms with Crippen LogP contribution in [0.25, 0.3) is 0 Å². The maximum absolute atomic E-state index is 11.5. The fourth-order valence-corrected chi connectivity index (χ4v) is 1.92. The van der Waals surface area contributed by atoms with Crippen LogP contribution in [0.5, 0.6) is 0 Å². The van der Waals surface area contributed by atoms with Gasteiger partial charge in [-0.25, -0.2) is 0 Å². The molecule has 0 heterocycles. The van der Waals surface area contributed by atoms with E-state index in [2.05, 4.69) is 52.2 Å². The summed E-state index contributed by atoms with van der Waals surface area (Å²) in [6.45, 7) is 6.09. The van der Waals surface area contributed by atoms with Gasteiger partial charge in [0.05, 0.1) is 6.61 Å². The second-order valence-electron chi connectivity index (χ2n) is 3.91. The number of rotatable bonds is 5. The molecule has 0 amide bonds. The fraction of sp³-hybridized carbons (Fsp3) is 0.462. The summed E-state index contributed by atoms with van der Waals surface area (Å²) in [5, 5.41) is 3.22. The molecule has 1 N–H and O–H groups in total. The summed E-state index contributed by atoms with van der Waals surface area (Å²) in [4.78, 5) is 11.5. The van der Waals surface area contributed by atoms with Crippen molar-refractivity contribution in [2.75, 3.05) is 6.61 Å². The molecule has 0 aliphatic carbocycles. The summed E-state index contributed by atoms with van der Waals surface area (Å²) in [5.41, 5.74) is 1.17. The van der Waals surface area contributed by atoms with Crippen molar-refractivity contribution in [3.8, 4) is 0 Å². The van der Waals surface area contributed by atoms with Gasteiger partial charge in [0.25, 0.3) is 0 Å². The van der Waals surface area contributed by atoms with Crippen LogP contribution >= 0.6 is 22.6 Å². The van der Waals surface area contributed by atoms with Crippen LogP contribution < -0.4 is 5.32 Å². The maximum atomic E-state index is 11.5. The fourth-order valence-electron chi connectivity index (χ4n) is 1.56. The first-order valence-corrected chi connectivity index (χ1v) is 6.80. The van der Waals surface area contributed by atoms with E-state index in [1.54, 1.807) is 0 Å². The molecule has 0 fully saturated rings. The predicted molar refractivity (Wildman–Crippen MR) is 76.8 cm³/mol. The molecule has 2 atom stereocenters. The molecule has 1 aromatic carbocycles. The highest BCUT2D eigenvalue weighted by molar-refractivity contribution is 14.1. The van der Waals surface area contributed by atoms with Crippen molar-refractivity contribution >= 4 is 28.6 Å². The molecule has 4 heteroatoms. The average molecular weight is 347 g/mol. The molecule has 94 valence electrons. The molecule has 1 rings (SSSR count). The molecule has 0 saturated heterocycles.